The molecule has 1 aromatic heterocycles. The Morgan fingerprint density at radius 3 is 2.29 bits per heavy atom. The van der Waals surface area contributed by atoms with Gasteiger partial charge in [0.2, 0.25) is 21.1 Å². The zero-order valence-corrected chi connectivity index (χ0v) is 20.4. The lowest BCUT2D eigenvalue weighted by molar-refractivity contribution is -0.115. The minimum atomic E-state index is -3.52. The molecule has 1 fully saturated rings. The zero-order chi connectivity index (χ0) is 24.3. The first-order valence-electron chi connectivity index (χ1n) is 10.9. The summed E-state index contributed by atoms with van der Waals surface area (Å²) in [6, 6.07) is 13.0. The summed E-state index contributed by atoms with van der Waals surface area (Å²) in [5, 5.41) is 12.1. The van der Waals surface area contributed by atoms with Crippen molar-refractivity contribution in [1.82, 2.24) is 14.9 Å². The average molecular weight is 500 g/mol. The van der Waals surface area contributed by atoms with Gasteiger partial charge < -0.3 is 5.32 Å². The standard InChI is InChI=1S/C23H25N5O4S2/c1-3-28(23-26-25-15(2)33-23)22(30)17-6-8-18(9-7-17)24-21(29)14-16-4-12-20(13-5-16)34(31,32)27-19-10-11-19/h4-9,12-13,19,27H,3,10-11,14H2,1-2H3,(H,24,29). The van der Waals surface area contributed by atoms with Crippen molar-refractivity contribution in [3.63, 3.8) is 0 Å². The summed E-state index contributed by atoms with van der Waals surface area (Å²) in [4.78, 5) is 27.0. The number of benzene rings is 2. The van der Waals surface area contributed by atoms with Gasteiger partial charge in [0, 0.05) is 23.8 Å². The van der Waals surface area contributed by atoms with E-state index in [4.69, 9.17) is 0 Å². The molecule has 3 aromatic rings. The number of hydrogen-bond acceptors (Lipinski definition) is 7. The minimum absolute atomic E-state index is 0.0377. The number of nitrogens with zero attached hydrogens (tertiary/aromatic N) is 3. The molecule has 9 nitrogen and oxygen atoms in total. The van der Waals surface area contributed by atoms with E-state index >= 15 is 0 Å². The predicted molar refractivity (Wildman–Crippen MR) is 131 cm³/mol. The van der Waals surface area contributed by atoms with E-state index in [9.17, 15) is 18.0 Å². The van der Waals surface area contributed by atoms with Crippen LogP contribution in [-0.2, 0) is 21.2 Å². The maximum absolute atomic E-state index is 12.9. The number of carbonyl (C=O) groups is 2. The molecule has 2 aromatic carbocycles. The second-order valence-corrected chi connectivity index (χ2v) is 10.9. The van der Waals surface area contributed by atoms with Crippen LogP contribution in [0.5, 0.6) is 0 Å². The second-order valence-electron chi connectivity index (χ2n) is 7.99. The van der Waals surface area contributed by atoms with Crippen LogP contribution in [0, 0.1) is 6.92 Å². The fourth-order valence-corrected chi connectivity index (χ4v) is 5.33. The van der Waals surface area contributed by atoms with Crippen molar-refractivity contribution in [2.75, 3.05) is 16.8 Å². The van der Waals surface area contributed by atoms with E-state index < -0.39 is 10.0 Å². The summed E-state index contributed by atoms with van der Waals surface area (Å²) in [5.74, 6) is -0.437. The van der Waals surface area contributed by atoms with E-state index in [1.165, 1.54) is 23.5 Å². The molecule has 0 unspecified atom stereocenters. The van der Waals surface area contributed by atoms with E-state index in [1.807, 2.05) is 13.8 Å². The van der Waals surface area contributed by atoms with Crippen molar-refractivity contribution < 1.29 is 18.0 Å². The smallest absolute Gasteiger partial charge is 0.260 e. The summed E-state index contributed by atoms with van der Waals surface area (Å²) < 4.78 is 27.1. The van der Waals surface area contributed by atoms with E-state index in [0.29, 0.717) is 28.5 Å². The summed E-state index contributed by atoms with van der Waals surface area (Å²) in [6.45, 7) is 4.16. The number of carbonyl (C=O) groups excluding carboxylic acids is 2. The third kappa shape index (κ3) is 5.85. The fraction of sp³-hybridized carbons (Fsp3) is 0.304. The highest BCUT2D eigenvalue weighted by atomic mass is 32.2. The molecular formula is C23H25N5O4S2. The third-order valence-electron chi connectivity index (χ3n) is 5.22. The topological polar surface area (TPSA) is 121 Å². The highest BCUT2D eigenvalue weighted by Crippen LogP contribution is 2.23. The Hall–Kier alpha value is -3.15. The van der Waals surface area contributed by atoms with Gasteiger partial charge >= 0.3 is 0 Å². The number of amides is 2. The molecule has 2 amide bonds. The monoisotopic (exact) mass is 499 g/mol. The normalized spacial score (nSPS) is 13.5. The van der Waals surface area contributed by atoms with E-state index in [2.05, 4.69) is 20.2 Å². The molecule has 0 radical (unpaired) electrons. The van der Waals surface area contributed by atoms with E-state index in [-0.39, 0.29) is 29.2 Å². The van der Waals surface area contributed by atoms with Crippen molar-refractivity contribution in [2.24, 2.45) is 0 Å². The molecule has 0 spiro atoms. The molecule has 1 aliphatic rings. The van der Waals surface area contributed by atoms with Crippen LogP contribution < -0.4 is 14.9 Å². The van der Waals surface area contributed by atoms with Crippen LogP contribution in [0.1, 0.15) is 40.7 Å². The molecule has 4 rings (SSSR count). The summed E-state index contributed by atoms with van der Waals surface area (Å²) in [5.41, 5.74) is 1.73. The van der Waals surface area contributed by atoms with Crippen LogP contribution in [0.2, 0.25) is 0 Å². The Balaban J connectivity index is 1.35. The van der Waals surface area contributed by atoms with Gasteiger partial charge in [0.05, 0.1) is 11.3 Å². The summed E-state index contributed by atoms with van der Waals surface area (Å²) in [6.07, 6.45) is 1.83. The lowest BCUT2D eigenvalue weighted by Gasteiger charge is -2.17. The third-order valence-corrected chi connectivity index (χ3v) is 7.62. The van der Waals surface area contributed by atoms with Gasteiger partial charge in [0.1, 0.15) is 5.01 Å². The molecule has 1 aliphatic carbocycles. The maximum Gasteiger partial charge on any atom is 0.260 e. The maximum atomic E-state index is 12.9. The van der Waals surface area contributed by atoms with Gasteiger partial charge in [-0.15, -0.1) is 10.2 Å². The van der Waals surface area contributed by atoms with Crippen molar-refractivity contribution in [3.8, 4) is 0 Å². The first kappa shape index (κ1) is 24.0. The number of aryl methyl sites for hydroxylation is 1. The van der Waals surface area contributed by atoms with Gasteiger partial charge in [0.15, 0.2) is 0 Å². The summed E-state index contributed by atoms with van der Waals surface area (Å²) in [7, 11) is -3.52. The van der Waals surface area contributed by atoms with E-state index in [1.54, 1.807) is 41.3 Å². The number of aromatic nitrogens is 2. The molecule has 11 heteroatoms. The Bertz CT molecular complexity index is 1280. The largest absolute Gasteiger partial charge is 0.326 e. The van der Waals surface area contributed by atoms with E-state index in [0.717, 1.165) is 17.8 Å². The molecule has 0 aliphatic heterocycles. The zero-order valence-electron chi connectivity index (χ0n) is 18.8. The molecule has 0 atom stereocenters. The van der Waals surface area contributed by atoms with Gasteiger partial charge in [-0.25, -0.2) is 13.1 Å². The molecule has 1 saturated carbocycles. The van der Waals surface area contributed by atoms with Crippen molar-refractivity contribution >= 4 is 44.0 Å². The lowest BCUT2D eigenvalue weighted by atomic mass is 10.1. The van der Waals surface area contributed by atoms with Crippen LogP contribution in [0.4, 0.5) is 10.8 Å². The average Bonchev–Trinajstić information content (AvgIpc) is 3.51. The molecule has 178 valence electrons. The highest BCUT2D eigenvalue weighted by Gasteiger charge is 2.27. The van der Waals surface area contributed by atoms with Crippen LogP contribution in [-0.4, -0.2) is 43.0 Å². The Morgan fingerprint density at radius 1 is 1.06 bits per heavy atom. The van der Waals surface area contributed by atoms with Crippen LogP contribution in [0.15, 0.2) is 53.4 Å². The fourth-order valence-electron chi connectivity index (χ4n) is 3.28. The lowest BCUT2D eigenvalue weighted by Crippen LogP contribution is -2.30. The van der Waals surface area contributed by atoms with Crippen molar-refractivity contribution in [2.45, 2.75) is 44.0 Å². The molecule has 1 heterocycles. The van der Waals surface area contributed by atoms with Gasteiger partial charge in [-0.1, -0.05) is 23.5 Å². The number of rotatable bonds is 9. The van der Waals surface area contributed by atoms with Gasteiger partial charge in [-0.2, -0.15) is 0 Å². The number of nitrogens with one attached hydrogen (secondary N) is 2. The SMILES string of the molecule is CCN(C(=O)c1ccc(NC(=O)Cc2ccc(S(=O)(=O)NC3CC3)cc2)cc1)c1nnc(C)s1. The Morgan fingerprint density at radius 2 is 1.74 bits per heavy atom. The van der Waals surface area contributed by atoms with Crippen LogP contribution in [0.25, 0.3) is 0 Å². The molecule has 2 N–H and O–H groups in total. The first-order chi connectivity index (χ1) is 16.2. The highest BCUT2D eigenvalue weighted by molar-refractivity contribution is 7.89. The van der Waals surface area contributed by atoms with Crippen molar-refractivity contribution in [3.05, 3.63) is 64.7 Å². The second kappa shape index (κ2) is 10.00. The summed E-state index contributed by atoms with van der Waals surface area (Å²) >= 11 is 1.35. The van der Waals surface area contributed by atoms with Gasteiger partial charge in [0.25, 0.3) is 5.91 Å². The molecule has 34 heavy (non-hydrogen) atoms. The first-order valence-corrected chi connectivity index (χ1v) is 13.2. The Kier molecular flexibility index (Phi) is 7.05. The predicted octanol–water partition coefficient (Wildman–Crippen LogP) is 3.14. The number of sulfonamides is 1. The van der Waals surface area contributed by atoms with Crippen molar-refractivity contribution in [1.29, 1.82) is 0 Å². The minimum Gasteiger partial charge on any atom is -0.326 e. The Labute approximate surface area is 202 Å². The number of hydrogen-bond donors (Lipinski definition) is 2. The molecule has 0 saturated heterocycles. The molecular weight excluding hydrogens is 474 g/mol. The van der Waals surface area contributed by atoms with Crippen LogP contribution >= 0.6 is 11.3 Å². The van der Waals surface area contributed by atoms with Gasteiger partial charge in [-0.05, 0) is 68.7 Å². The number of anilines is 2. The quantitative estimate of drug-likeness (QED) is 0.467. The molecule has 0 bridgehead atoms. The van der Waals surface area contributed by atoms with Crippen LogP contribution in [0.3, 0.4) is 0 Å². The van der Waals surface area contributed by atoms with Gasteiger partial charge in [-0.3, -0.25) is 14.5 Å².